The van der Waals surface area contributed by atoms with E-state index < -0.39 is 12.4 Å². The first kappa shape index (κ1) is 16.9. The van der Waals surface area contributed by atoms with Gasteiger partial charge in [0.15, 0.2) is 0 Å². The third kappa shape index (κ3) is 5.03. The summed E-state index contributed by atoms with van der Waals surface area (Å²) in [6, 6.07) is 12.6. The number of alkyl halides is 3. The summed E-state index contributed by atoms with van der Waals surface area (Å²) < 4.78 is 40.3. The van der Waals surface area contributed by atoms with Gasteiger partial charge in [-0.05, 0) is 35.4 Å². The quantitative estimate of drug-likeness (QED) is 0.782. The number of benzene rings is 2. The summed E-state index contributed by atoms with van der Waals surface area (Å²) in [5, 5.41) is 3.16. The highest BCUT2D eigenvalue weighted by Crippen LogP contribution is 2.26. The van der Waals surface area contributed by atoms with E-state index in [4.69, 9.17) is 5.73 Å². The smallest absolute Gasteiger partial charge is 0.406 e. The molecule has 3 N–H and O–H groups in total. The van der Waals surface area contributed by atoms with Crippen molar-refractivity contribution in [3.8, 4) is 5.75 Å². The molecule has 2 aromatic rings. The van der Waals surface area contributed by atoms with Crippen molar-refractivity contribution in [1.29, 1.82) is 0 Å². The largest absolute Gasteiger partial charge is 0.573 e. The van der Waals surface area contributed by atoms with E-state index in [1.165, 1.54) is 24.3 Å². The molecule has 0 radical (unpaired) electrons. The molecule has 0 saturated carbocycles. The molecule has 0 amide bonds. The summed E-state index contributed by atoms with van der Waals surface area (Å²) in [5.41, 5.74) is 8.62. The van der Waals surface area contributed by atoms with Crippen molar-refractivity contribution in [3.63, 3.8) is 0 Å². The van der Waals surface area contributed by atoms with Crippen LogP contribution >= 0.6 is 0 Å². The highest BCUT2D eigenvalue weighted by molar-refractivity contribution is 5.48. The van der Waals surface area contributed by atoms with Crippen molar-refractivity contribution in [3.05, 3.63) is 72.3 Å². The molecular weight excluding hydrogens is 305 g/mol. The first-order chi connectivity index (χ1) is 10.9. The molecule has 6 heteroatoms. The van der Waals surface area contributed by atoms with Crippen LogP contribution in [0.5, 0.6) is 5.75 Å². The minimum atomic E-state index is -4.70. The zero-order chi connectivity index (χ0) is 16.9. The molecule has 1 unspecified atom stereocenters. The maximum absolute atomic E-state index is 12.2. The Labute approximate surface area is 132 Å². The van der Waals surface area contributed by atoms with Crippen LogP contribution in [0.4, 0.5) is 18.9 Å². The average Bonchev–Trinajstić information content (AvgIpc) is 2.52. The van der Waals surface area contributed by atoms with Gasteiger partial charge in [-0.3, -0.25) is 0 Å². The van der Waals surface area contributed by atoms with Gasteiger partial charge in [0, 0.05) is 12.2 Å². The number of anilines is 1. The van der Waals surface area contributed by atoms with Crippen LogP contribution in [0.25, 0.3) is 0 Å². The number of nitrogens with two attached hydrogens (primary N) is 1. The number of ether oxygens (including phenoxy) is 1. The SMILES string of the molecule is C=CCNc1cccc(C(N)c2ccc(OC(F)(F)F)cc2)c1. The fraction of sp³-hybridized carbons (Fsp3) is 0.176. The van der Waals surface area contributed by atoms with Crippen LogP contribution in [0.3, 0.4) is 0 Å². The van der Waals surface area contributed by atoms with E-state index in [1.54, 1.807) is 6.08 Å². The van der Waals surface area contributed by atoms with Crippen molar-refractivity contribution < 1.29 is 17.9 Å². The van der Waals surface area contributed by atoms with Crippen molar-refractivity contribution in [2.75, 3.05) is 11.9 Å². The molecule has 0 aromatic heterocycles. The van der Waals surface area contributed by atoms with Crippen LogP contribution in [0.15, 0.2) is 61.2 Å². The third-order valence-electron chi connectivity index (χ3n) is 3.17. The standard InChI is InChI=1S/C17H17F3N2O/c1-2-10-22-14-5-3-4-13(11-14)16(21)12-6-8-15(9-7-12)23-17(18,19)20/h2-9,11,16,22H,1,10,21H2. The van der Waals surface area contributed by atoms with Gasteiger partial charge < -0.3 is 15.8 Å². The number of halogens is 3. The third-order valence-corrected chi connectivity index (χ3v) is 3.17. The molecular formula is C17H17F3N2O. The molecule has 0 heterocycles. The Morgan fingerprint density at radius 1 is 1.13 bits per heavy atom. The van der Waals surface area contributed by atoms with E-state index in [9.17, 15) is 13.2 Å². The first-order valence-electron chi connectivity index (χ1n) is 6.95. The molecule has 0 saturated heterocycles. The number of rotatable bonds is 6. The normalized spacial score (nSPS) is 12.5. The Hall–Kier alpha value is -2.47. The van der Waals surface area contributed by atoms with Crippen LogP contribution in [0, 0.1) is 0 Å². The Morgan fingerprint density at radius 2 is 1.83 bits per heavy atom. The fourth-order valence-electron chi connectivity index (χ4n) is 2.10. The van der Waals surface area contributed by atoms with Gasteiger partial charge in [-0.2, -0.15) is 0 Å². The first-order valence-corrected chi connectivity index (χ1v) is 6.95. The van der Waals surface area contributed by atoms with Crippen molar-refractivity contribution in [2.24, 2.45) is 5.73 Å². The Kier molecular flexibility index (Phi) is 5.28. The second-order valence-corrected chi connectivity index (χ2v) is 4.89. The van der Waals surface area contributed by atoms with Gasteiger partial charge in [-0.1, -0.05) is 30.3 Å². The maximum Gasteiger partial charge on any atom is 0.573 e. The molecule has 2 aromatic carbocycles. The van der Waals surface area contributed by atoms with Gasteiger partial charge >= 0.3 is 6.36 Å². The lowest BCUT2D eigenvalue weighted by Gasteiger charge is -2.15. The molecule has 0 aliphatic heterocycles. The number of hydrogen-bond acceptors (Lipinski definition) is 3. The molecule has 2 rings (SSSR count). The minimum Gasteiger partial charge on any atom is -0.406 e. The van der Waals surface area contributed by atoms with Crippen molar-refractivity contribution >= 4 is 5.69 Å². The van der Waals surface area contributed by atoms with E-state index in [2.05, 4.69) is 16.6 Å². The Morgan fingerprint density at radius 3 is 2.43 bits per heavy atom. The summed E-state index contributed by atoms with van der Waals surface area (Å²) in [6.07, 6.45) is -2.96. The summed E-state index contributed by atoms with van der Waals surface area (Å²) >= 11 is 0. The van der Waals surface area contributed by atoms with E-state index in [1.807, 2.05) is 24.3 Å². The average molecular weight is 322 g/mol. The van der Waals surface area contributed by atoms with E-state index in [-0.39, 0.29) is 5.75 Å². The molecule has 23 heavy (non-hydrogen) atoms. The van der Waals surface area contributed by atoms with Gasteiger partial charge in [0.2, 0.25) is 0 Å². The summed E-state index contributed by atoms with van der Waals surface area (Å²) in [4.78, 5) is 0. The van der Waals surface area contributed by atoms with Gasteiger partial charge in [-0.25, -0.2) is 0 Å². The lowest BCUT2D eigenvalue weighted by Crippen LogP contribution is -2.17. The van der Waals surface area contributed by atoms with Crippen LogP contribution in [-0.4, -0.2) is 12.9 Å². The molecule has 0 spiro atoms. The summed E-state index contributed by atoms with van der Waals surface area (Å²) in [7, 11) is 0. The second kappa shape index (κ2) is 7.19. The predicted molar refractivity (Wildman–Crippen MR) is 84.3 cm³/mol. The highest BCUT2D eigenvalue weighted by Gasteiger charge is 2.31. The van der Waals surface area contributed by atoms with Crippen LogP contribution in [0.2, 0.25) is 0 Å². The Bertz CT molecular complexity index is 654. The molecule has 0 bridgehead atoms. The summed E-state index contributed by atoms with van der Waals surface area (Å²) in [6.45, 7) is 4.26. The molecule has 122 valence electrons. The maximum atomic E-state index is 12.2. The van der Waals surface area contributed by atoms with Gasteiger partial charge in [0.25, 0.3) is 0 Å². The second-order valence-electron chi connectivity index (χ2n) is 4.89. The molecule has 0 aliphatic carbocycles. The van der Waals surface area contributed by atoms with Gasteiger partial charge in [0.1, 0.15) is 5.75 Å². The Balaban J connectivity index is 2.13. The lowest BCUT2D eigenvalue weighted by atomic mass is 9.99. The zero-order valence-corrected chi connectivity index (χ0v) is 12.3. The topological polar surface area (TPSA) is 47.3 Å². The fourth-order valence-corrected chi connectivity index (χ4v) is 2.10. The highest BCUT2D eigenvalue weighted by atomic mass is 19.4. The molecule has 1 atom stereocenters. The lowest BCUT2D eigenvalue weighted by molar-refractivity contribution is -0.274. The minimum absolute atomic E-state index is 0.269. The van der Waals surface area contributed by atoms with E-state index >= 15 is 0 Å². The van der Waals surface area contributed by atoms with Crippen LogP contribution < -0.4 is 15.8 Å². The van der Waals surface area contributed by atoms with Crippen molar-refractivity contribution in [2.45, 2.75) is 12.4 Å². The van der Waals surface area contributed by atoms with Crippen LogP contribution in [0.1, 0.15) is 17.2 Å². The van der Waals surface area contributed by atoms with Gasteiger partial charge in [-0.15, -0.1) is 19.8 Å². The van der Waals surface area contributed by atoms with E-state index in [0.717, 1.165) is 11.3 Å². The van der Waals surface area contributed by atoms with Gasteiger partial charge in [0.05, 0.1) is 6.04 Å². The van der Waals surface area contributed by atoms with Crippen LogP contribution in [-0.2, 0) is 0 Å². The molecule has 3 nitrogen and oxygen atoms in total. The van der Waals surface area contributed by atoms with Crippen molar-refractivity contribution in [1.82, 2.24) is 0 Å². The molecule has 0 fully saturated rings. The monoisotopic (exact) mass is 322 g/mol. The molecule has 0 aliphatic rings. The number of hydrogen-bond donors (Lipinski definition) is 2. The van der Waals surface area contributed by atoms with E-state index in [0.29, 0.717) is 12.1 Å². The predicted octanol–water partition coefficient (Wildman–Crippen LogP) is 4.23. The number of nitrogens with one attached hydrogen (secondary N) is 1. The summed E-state index contributed by atoms with van der Waals surface area (Å²) in [5.74, 6) is -0.269. The zero-order valence-electron chi connectivity index (χ0n) is 12.3.